The smallest absolute Gasteiger partial charge is 0.183 e. The first-order valence-corrected chi connectivity index (χ1v) is 4.22. The van der Waals surface area contributed by atoms with Gasteiger partial charge in [0.25, 0.3) is 0 Å². The van der Waals surface area contributed by atoms with Crippen molar-refractivity contribution in [1.29, 1.82) is 0 Å². The molecular weight excluding hydrogens is 170 g/mol. The molecule has 0 aliphatic heterocycles. The zero-order chi connectivity index (χ0) is 10.1. The van der Waals surface area contributed by atoms with Gasteiger partial charge < -0.3 is 15.2 Å². The maximum atomic E-state index is 10.9. The average Bonchev–Trinajstić information content (AvgIpc) is 2.10. The van der Waals surface area contributed by atoms with Crippen LogP contribution in [0.25, 0.3) is 0 Å². The van der Waals surface area contributed by atoms with Crippen LogP contribution in [0.1, 0.15) is 6.92 Å². The third-order valence-corrected chi connectivity index (χ3v) is 1.34. The normalized spacial score (nSPS) is 10.0. The van der Waals surface area contributed by atoms with Crippen molar-refractivity contribution in [3.8, 4) is 0 Å². The summed E-state index contributed by atoms with van der Waals surface area (Å²) in [5.41, 5.74) is 5.72. The summed E-state index contributed by atoms with van der Waals surface area (Å²) in [7, 11) is 0. The molecule has 0 rings (SSSR count). The first-order valence-electron chi connectivity index (χ1n) is 4.22. The molecule has 0 amide bonds. The van der Waals surface area contributed by atoms with Crippen LogP contribution in [0.3, 0.4) is 0 Å². The lowest BCUT2D eigenvalue weighted by atomic mass is 10.2. The van der Waals surface area contributed by atoms with Crippen molar-refractivity contribution in [2.45, 2.75) is 6.92 Å². The molecular formula is C9H17NO3. The van der Waals surface area contributed by atoms with Gasteiger partial charge >= 0.3 is 0 Å². The van der Waals surface area contributed by atoms with Crippen molar-refractivity contribution >= 4 is 5.78 Å². The average molecular weight is 187 g/mol. The van der Waals surface area contributed by atoms with Crippen LogP contribution in [0.5, 0.6) is 0 Å². The molecule has 76 valence electrons. The van der Waals surface area contributed by atoms with E-state index in [0.29, 0.717) is 31.9 Å². The van der Waals surface area contributed by atoms with Crippen LogP contribution < -0.4 is 5.73 Å². The molecule has 0 saturated carbocycles. The lowest BCUT2D eigenvalue weighted by Gasteiger charge is -2.03. The Hall–Kier alpha value is -0.710. The molecule has 0 bridgehead atoms. The highest BCUT2D eigenvalue weighted by atomic mass is 16.5. The minimum absolute atomic E-state index is 0.0705. The monoisotopic (exact) mass is 187 g/mol. The highest BCUT2D eigenvalue weighted by Crippen LogP contribution is 1.90. The van der Waals surface area contributed by atoms with E-state index in [-0.39, 0.29) is 12.4 Å². The number of hydrogen-bond acceptors (Lipinski definition) is 4. The van der Waals surface area contributed by atoms with Gasteiger partial charge in [-0.05, 0) is 12.5 Å². The lowest BCUT2D eigenvalue weighted by Crippen LogP contribution is -2.15. The fraction of sp³-hybridized carbons (Fsp3) is 0.667. The molecule has 0 radical (unpaired) electrons. The summed E-state index contributed by atoms with van der Waals surface area (Å²) in [4.78, 5) is 10.9. The van der Waals surface area contributed by atoms with Crippen molar-refractivity contribution in [3.05, 3.63) is 12.2 Å². The fourth-order valence-electron chi connectivity index (χ4n) is 0.591. The van der Waals surface area contributed by atoms with Crippen molar-refractivity contribution in [3.63, 3.8) is 0 Å². The predicted octanol–water partition coefficient (Wildman–Crippen LogP) is 0.124. The molecule has 0 atom stereocenters. The Morgan fingerprint density at radius 3 is 2.46 bits per heavy atom. The van der Waals surface area contributed by atoms with Gasteiger partial charge in [0.2, 0.25) is 0 Å². The van der Waals surface area contributed by atoms with Gasteiger partial charge in [0.15, 0.2) is 5.78 Å². The van der Waals surface area contributed by atoms with E-state index in [1.54, 1.807) is 6.92 Å². The molecule has 0 fully saturated rings. The van der Waals surface area contributed by atoms with Gasteiger partial charge in [-0.1, -0.05) is 6.58 Å². The Labute approximate surface area is 78.7 Å². The van der Waals surface area contributed by atoms with Crippen LogP contribution >= 0.6 is 0 Å². The quantitative estimate of drug-likeness (QED) is 0.433. The summed E-state index contributed by atoms with van der Waals surface area (Å²) in [6.07, 6.45) is 0. The van der Waals surface area contributed by atoms with Gasteiger partial charge in [-0.25, -0.2) is 0 Å². The second-order valence-electron chi connectivity index (χ2n) is 2.66. The number of rotatable bonds is 8. The first kappa shape index (κ1) is 12.3. The Morgan fingerprint density at radius 1 is 1.31 bits per heavy atom. The third-order valence-electron chi connectivity index (χ3n) is 1.34. The molecule has 4 nitrogen and oxygen atoms in total. The van der Waals surface area contributed by atoms with Crippen molar-refractivity contribution in [2.75, 3.05) is 33.0 Å². The summed E-state index contributed by atoms with van der Waals surface area (Å²) >= 11 is 0. The molecule has 0 aliphatic rings. The van der Waals surface area contributed by atoms with Gasteiger partial charge in [-0.15, -0.1) is 0 Å². The number of ether oxygens (including phenoxy) is 2. The Bertz CT molecular complexity index is 168. The minimum atomic E-state index is -0.0705. The molecule has 0 saturated heterocycles. The van der Waals surface area contributed by atoms with E-state index < -0.39 is 0 Å². The minimum Gasteiger partial charge on any atom is -0.378 e. The second-order valence-corrected chi connectivity index (χ2v) is 2.66. The zero-order valence-electron chi connectivity index (χ0n) is 8.04. The van der Waals surface area contributed by atoms with E-state index in [1.165, 1.54) is 0 Å². The van der Waals surface area contributed by atoms with Gasteiger partial charge in [0.05, 0.1) is 19.8 Å². The summed E-state index contributed by atoms with van der Waals surface area (Å²) in [6, 6.07) is 0. The molecule has 0 aromatic rings. The number of nitrogens with two attached hydrogens (primary N) is 1. The van der Waals surface area contributed by atoms with Crippen molar-refractivity contribution < 1.29 is 14.3 Å². The Kier molecular flexibility index (Phi) is 7.48. The largest absolute Gasteiger partial charge is 0.378 e. The standard InChI is InChI=1S/C9H17NO3/c1-8(2)9(11)7-13-6-5-12-4-3-10/h1,3-7,10H2,2H3. The molecule has 0 unspecified atom stereocenters. The Morgan fingerprint density at radius 2 is 1.92 bits per heavy atom. The highest BCUT2D eigenvalue weighted by Gasteiger charge is 2.00. The SMILES string of the molecule is C=C(C)C(=O)COCCOCCN. The summed E-state index contributed by atoms with van der Waals surface area (Å²) in [5.74, 6) is -0.0705. The number of carbonyl (C=O) groups excluding carboxylic acids is 1. The van der Waals surface area contributed by atoms with Gasteiger partial charge in [-0.3, -0.25) is 4.79 Å². The molecule has 4 heteroatoms. The predicted molar refractivity (Wildman–Crippen MR) is 50.5 cm³/mol. The number of Topliss-reactive ketones (excluding diaryl/α,β-unsaturated/α-hetero) is 1. The van der Waals surface area contributed by atoms with E-state index in [4.69, 9.17) is 15.2 Å². The van der Waals surface area contributed by atoms with E-state index >= 15 is 0 Å². The van der Waals surface area contributed by atoms with Crippen LogP contribution in [0.2, 0.25) is 0 Å². The third kappa shape index (κ3) is 7.64. The van der Waals surface area contributed by atoms with Crippen LogP contribution in [0.15, 0.2) is 12.2 Å². The molecule has 0 spiro atoms. The van der Waals surface area contributed by atoms with E-state index in [1.807, 2.05) is 0 Å². The van der Waals surface area contributed by atoms with Gasteiger partial charge in [-0.2, -0.15) is 0 Å². The number of hydrogen-bond donors (Lipinski definition) is 1. The molecule has 0 aromatic carbocycles. The summed E-state index contributed by atoms with van der Waals surface area (Å²) in [5, 5.41) is 0. The molecule has 2 N–H and O–H groups in total. The zero-order valence-corrected chi connectivity index (χ0v) is 8.04. The van der Waals surface area contributed by atoms with Crippen LogP contribution in [0.4, 0.5) is 0 Å². The van der Waals surface area contributed by atoms with Gasteiger partial charge in [0.1, 0.15) is 6.61 Å². The highest BCUT2D eigenvalue weighted by molar-refractivity contribution is 5.95. The second kappa shape index (κ2) is 7.91. The van der Waals surface area contributed by atoms with Crippen LogP contribution in [0, 0.1) is 0 Å². The molecule has 13 heavy (non-hydrogen) atoms. The molecule has 0 heterocycles. The summed E-state index contributed by atoms with van der Waals surface area (Å²) < 4.78 is 10.1. The van der Waals surface area contributed by atoms with E-state index in [9.17, 15) is 4.79 Å². The van der Waals surface area contributed by atoms with Crippen LogP contribution in [-0.4, -0.2) is 38.8 Å². The van der Waals surface area contributed by atoms with Gasteiger partial charge in [0, 0.05) is 6.54 Å². The summed E-state index contributed by atoms with van der Waals surface area (Å²) in [6.45, 7) is 7.17. The van der Waals surface area contributed by atoms with Crippen molar-refractivity contribution in [2.24, 2.45) is 5.73 Å². The first-order chi connectivity index (χ1) is 6.18. The maximum absolute atomic E-state index is 10.9. The molecule has 0 aliphatic carbocycles. The molecule has 0 aromatic heterocycles. The fourth-order valence-corrected chi connectivity index (χ4v) is 0.591. The van der Waals surface area contributed by atoms with E-state index in [2.05, 4.69) is 6.58 Å². The van der Waals surface area contributed by atoms with Crippen LogP contribution in [-0.2, 0) is 14.3 Å². The maximum Gasteiger partial charge on any atom is 0.183 e. The number of ketones is 1. The van der Waals surface area contributed by atoms with Crippen molar-refractivity contribution in [1.82, 2.24) is 0 Å². The number of carbonyl (C=O) groups is 1. The Balaban J connectivity index is 3.16. The topological polar surface area (TPSA) is 61.5 Å². The van der Waals surface area contributed by atoms with E-state index in [0.717, 1.165) is 0 Å². The lowest BCUT2D eigenvalue weighted by molar-refractivity contribution is -0.120.